The van der Waals surface area contributed by atoms with Gasteiger partial charge >= 0.3 is 0 Å². The zero-order valence-corrected chi connectivity index (χ0v) is 18.1. The van der Waals surface area contributed by atoms with E-state index < -0.39 is 27.7 Å². The average molecular weight is 478 g/mol. The SMILES string of the molecule is CC(=O)Nc1cc(S(=O)(=O)Nc2cccc(Cl)c2F)ccc1NNC(=O)c1ccncc1. The lowest BCUT2D eigenvalue weighted by molar-refractivity contribution is -0.114. The van der Waals surface area contributed by atoms with Crippen molar-refractivity contribution in [3.05, 3.63) is 77.3 Å². The number of nitrogens with one attached hydrogen (secondary N) is 4. The third kappa shape index (κ3) is 5.50. The summed E-state index contributed by atoms with van der Waals surface area (Å²) in [5, 5.41) is 2.24. The Balaban J connectivity index is 1.86. The Morgan fingerprint density at radius 1 is 1.00 bits per heavy atom. The largest absolute Gasteiger partial charge is 0.324 e. The van der Waals surface area contributed by atoms with E-state index in [1.54, 1.807) is 0 Å². The van der Waals surface area contributed by atoms with Gasteiger partial charge in [-0.3, -0.25) is 30.1 Å². The summed E-state index contributed by atoms with van der Waals surface area (Å²) >= 11 is 5.69. The monoisotopic (exact) mass is 477 g/mol. The Bertz CT molecular complexity index is 1270. The van der Waals surface area contributed by atoms with Gasteiger partial charge in [0.1, 0.15) is 0 Å². The van der Waals surface area contributed by atoms with Gasteiger partial charge in [-0.25, -0.2) is 12.8 Å². The number of halogens is 2. The Kier molecular flexibility index (Phi) is 6.91. The molecule has 0 fully saturated rings. The van der Waals surface area contributed by atoms with Crippen LogP contribution in [0.25, 0.3) is 0 Å². The molecular weight excluding hydrogens is 461 g/mol. The second kappa shape index (κ2) is 9.62. The van der Waals surface area contributed by atoms with E-state index >= 15 is 0 Å². The quantitative estimate of drug-likeness (QED) is 0.386. The van der Waals surface area contributed by atoms with E-state index in [2.05, 4.69) is 25.9 Å². The lowest BCUT2D eigenvalue weighted by Crippen LogP contribution is -2.30. The van der Waals surface area contributed by atoms with Crippen LogP contribution < -0.4 is 20.9 Å². The van der Waals surface area contributed by atoms with Crippen molar-refractivity contribution in [2.24, 2.45) is 0 Å². The smallest absolute Gasteiger partial charge is 0.269 e. The van der Waals surface area contributed by atoms with Crippen LogP contribution in [0.2, 0.25) is 5.02 Å². The van der Waals surface area contributed by atoms with Crippen LogP contribution in [0.3, 0.4) is 0 Å². The summed E-state index contributed by atoms with van der Waals surface area (Å²) < 4.78 is 41.7. The maximum absolute atomic E-state index is 14.1. The molecule has 0 unspecified atom stereocenters. The summed E-state index contributed by atoms with van der Waals surface area (Å²) in [5.41, 5.74) is 5.37. The van der Waals surface area contributed by atoms with E-state index in [4.69, 9.17) is 11.6 Å². The van der Waals surface area contributed by atoms with Crippen molar-refractivity contribution in [1.82, 2.24) is 10.4 Å². The summed E-state index contributed by atoms with van der Waals surface area (Å²) in [4.78, 5) is 27.4. The molecule has 0 aliphatic carbocycles. The highest BCUT2D eigenvalue weighted by Gasteiger charge is 2.20. The molecule has 1 aromatic heterocycles. The number of anilines is 3. The molecule has 3 rings (SSSR count). The predicted octanol–water partition coefficient (Wildman–Crippen LogP) is 3.39. The Labute approximate surface area is 188 Å². The lowest BCUT2D eigenvalue weighted by Gasteiger charge is -2.16. The van der Waals surface area contributed by atoms with Crippen LogP contribution in [0.4, 0.5) is 21.5 Å². The number of sulfonamides is 1. The first-order chi connectivity index (χ1) is 15.2. The second-order valence-corrected chi connectivity index (χ2v) is 8.50. The molecule has 12 heteroatoms. The topological polar surface area (TPSA) is 129 Å². The normalized spacial score (nSPS) is 10.8. The maximum Gasteiger partial charge on any atom is 0.269 e. The van der Waals surface area contributed by atoms with Gasteiger partial charge in [0.15, 0.2) is 5.82 Å². The summed E-state index contributed by atoms with van der Waals surface area (Å²) in [5.74, 6) is -1.87. The highest BCUT2D eigenvalue weighted by atomic mass is 35.5. The van der Waals surface area contributed by atoms with Gasteiger partial charge in [-0.15, -0.1) is 0 Å². The van der Waals surface area contributed by atoms with Crippen molar-refractivity contribution >= 4 is 50.5 Å². The molecule has 0 saturated heterocycles. The number of benzene rings is 2. The number of hydrogen-bond acceptors (Lipinski definition) is 6. The van der Waals surface area contributed by atoms with Gasteiger partial charge in [-0.1, -0.05) is 17.7 Å². The molecule has 166 valence electrons. The van der Waals surface area contributed by atoms with Crippen LogP contribution in [-0.4, -0.2) is 25.2 Å². The van der Waals surface area contributed by atoms with Gasteiger partial charge in [0, 0.05) is 24.9 Å². The zero-order chi connectivity index (χ0) is 23.3. The Morgan fingerprint density at radius 2 is 1.72 bits per heavy atom. The molecule has 9 nitrogen and oxygen atoms in total. The molecule has 0 atom stereocenters. The van der Waals surface area contributed by atoms with Crippen molar-refractivity contribution in [2.45, 2.75) is 11.8 Å². The second-order valence-electron chi connectivity index (χ2n) is 6.41. The zero-order valence-electron chi connectivity index (χ0n) is 16.5. The summed E-state index contributed by atoms with van der Waals surface area (Å²) in [6.45, 7) is 1.24. The summed E-state index contributed by atoms with van der Waals surface area (Å²) in [7, 11) is -4.22. The maximum atomic E-state index is 14.1. The number of aromatic nitrogens is 1. The minimum Gasteiger partial charge on any atom is -0.324 e. The van der Waals surface area contributed by atoms with Crippen LogP contribution >= 0.6 is 11.6 Å². The summed E-state index contributed by atoms with van der Waals surface area (Å²) in [6, 6.07) is 10.6. The van der Waals surface area contributed by atoms with Gasteiger partial charge in [0.2, 0.25) is 5.91 Å². The molecule has 0 radical (unpaired) electrons. The van der Waals surface area contributed by atoms with E-state index in [-0.39, 0.29) is 27.0 Å². The van der Waals surface area contributed by atoms with Crippen molar-refractivity contribution in [3.8, 4) is 0 Å². The van der Waals surface area contributed by atoms with E-state index in [0.717, 1.165) is 6.07 Å². The van der Waals surface area contributed by atoms with Crippen LogP contribution in [0.1, 0.15) is 17.3 Å². The number of nitrogens with zero attached hydrogens (tertiary/aromatic N) is 1. The molecule has 2 amide bonds. The molecule has 0 aliphatic rings. The molecule has 0 bridgehead atoms. The number of hydrogen-bond donors (Lipinski definition) is 4. The van der Waals surface area contributed by atoms with Gasteiger partial charge in [0.05, 0.1) is 27.0 Å². The molecular formula is C20H17ClFN5O4S. The van der Waals surface area contributed by atoms with Gasteiger partial charge in [0.25, 0.3) is 15.9 Å². The lowest BCUT2D eigenvalue weighted by atomic mass is 10.2. The molecule has 2 aromatic carbocycles. The highest BCUT2D eigenvalue weighted by molar-refractivity contribution is 7.92. The van der Waals surface area contributed by atoms with E-state index in [0.29, 0.717) is 5.56 Å². The minimum absolute atomic E-state index is 0.0713. The van der Waals surface area contributed by atoms with Crippen molar-refractivity contribution < 1.29 is 22.4 Å². The van der Waals surface area contributed by atoms with Crippen molar-refractivity contribution in [3.63, 3.8) is 0 Å². The molecule has 1 heterocycles. The molecule has 32 heavy (non-hydrogen) atoms. The third-order valence-electron chi connectivity index (χ3n) is 4.06. The molecule has 0 aliphatic heterocycles. The number of pyridine rings is 1. The molecule has 4 N–H and O–H groups in total. The van der Waals surface area contributed by atoms with Crippen LogP contribution in [-0.2, 0) is 14.8 Å². The van der Waals surface area contributed by atoms with Crippen LogP contribution in [0, 0.1) is 5.82 Å². The first-order valence-electron chi connectivity index (χ1n) is 9.02. The fraction of sp³-hybridized carbons (Fsp3) is 0.0500. The Hall–Kier alpha value is -3.70. The Morgan fingerprint density at radius 3 is 2.41 bits per heavy atom. The predicted molar refractivity (Wildman–Crippen MR) is 118 cm³/mol. The fourth-order valence-electron chi connectivity index (χ4n) is 2.58. The first-order valence-corrected chi connectivity index (χ1v) is 10.9. The standard InChI is InChI=1S/C20H17ClFN5O4S/c1-12(28)24-18-11-14(32(30,31)27-17-4-2-3-15(21)19(17)22)5-6-16(18)25-26-20(29)13-7-9-23-10-8-13/h2-11,25,27H,1H3,(H,24,28)(H,26,29). The number of carbonyl (C=O) groups excluding carboxylic acids is 2. The minimum atomic E-state index is -4.22. The van der Waals surface area contributed by atoms with Crippen LogP contribution in [0.5, 0.6) is 0 Å². The van der Waals surface area contributed by atoms with Gasteiger partial charge in [-0.05, 0) is 42.5 Å². The number of amides is 2. The van der Waals surface area contributed by atoms with E-state index in [1.807, 2.05) is 0 Å². The fourth-order valence-corrected chi connectivity index (χ4v) is 3.84. The first kappa shape index (κ1) is 23.0. The van der Waals surface area contributed by atoms with Crippen molar-refractivity contribution in [2.75, 3.05) is 15.5 Å². The van der Waals surface area contributed by atoms with Crippen LogP contribution in [0.15, 0.2) is 65.8 Å². The highest BCUT2D eigenvalue weighted by Crippen LogP contribution is 2.28. The van der Waals surface area contributed by atoms with Crippen molar-refractivity contribution in [1.29, 1.82) is 0 Å². The van der Waals surface area contributed by atoms with E-state index in [9.17, 15) is 22.4 Å². The number of hydrazine groups is 1. The molecule has 3 aromatic rings. The van der Waals surface area contributed by atoms with Gasteiger partial charge in [-0.2, -0.15) is 0 Å². The average Bonchev–Trinajstić information content (AvgIpc) is 2.76. The van der Waals surface area contributed by atoms with Gasteiger partial charge < -0.3 is 5.32 Å². The molecule has 0 saturated carbocycles. The van der Waals surface area contributed by atoms with E-state index in [1.165, 1.54) is 61.8 Å². The number of carbonyl (C=O) groups is 2. The number of rotatable bonds is 7. The summed E-state index contributed by atoms with van der Waals surface area (Å²) in [6.07, 6.45) is 2.90. The third-order valence-corrected chi connectivity index (χ3v) is 5.72. The molecule has 0 spiro atoms.